The first kappa shape index (κ1) is 12.3. The smallest absolute Gasteiger partial charge is 0.305 e. The third-order valence-electron chi connectivity index (χ3n) is 2.74. The topological polar surface area (TPSA) is 66.3 Å². The Hall–Kier alpha value is -2.17. The Morgan fingerprint density at radius 3 is 2.50 bits per heavy atom. The van der Waals surface area contributed by atoms with Gasteiger partial charge in [-0.3, -0.25) is 4.79 Å². The lowest BCUT2D eigenvalue weighted by atomic mass is 10.3. The molecule has 0 aliphatic heterocycles. The molecule has 0 radical (unpaired) electrons. The fourth-order valence-electron chi connectivity index (χ4n) is 1.81. The molecule has 18 heavy (non-hydrogen) atoms. The summed E-state index contributed by atoms with van der Waals surface area (Å²) in [5.41, 5.74) is 2.48. The van der Waals surface area contributed by atoms with E-state index >= 15 is 0 Å². The molecule has 5 heteroatoms. The summed E-state index contributed by atoms with van der Waals surface area (Å²) in [6.07, 6.45) is 0.0877. The molecule has 1 aromatic heterocycles. The number of nitrogens with zero attached hydrogens (tertiary/aromatic N) is 3. The van der Waals surface area contributed by atoms with Crippen molar-refractivity contribution in [3.05, 3.63) is 30.0 Å². The number of aromatic nitrogens is 2. The molecule has 2 aromatic rings. The summed E-state index contributed by atoms with van der Waals surface area (Å²) < 4.78 is 0. The Kier molecular flexibility index (Phi) is 3.41. The summed E-state index contributed by atoms with van der Waals surface area (Å²) >= 11 is 0. The molecule has 1 aromatic carbocycles. The quantitative estimate of drug-likeness (QED) is 0.890. The predicted molar refractivity (Wildman–Crippen MR) is 69.8 cm³/mol. The van der Waals surface area contributed by atoms with Gasteiger partial charge in [0.1, 0.15) is 0 Å². The Bertz CT molecular complexity index is 583. The highest BCUT2D eigenvalue weighted by molar-refractivity contribution is 5.76. The van der Waals surface area contributed by atoms with Crippen LogP contribution in [0.3, 0.4) is 0 Å². The summed E-state index contributed by atoms with van der Waals surface area (Å²) in [5, 5.41) is 8.69. The standard InChI is InChI=1S/C13H15N3O2/c1-9-13(16(2)8-7-12(17)18)15-11-6-4-3-5-10(11)14-9/h3-6H,7-8H2,1-2H3,(H,17,18). The minimum atomic E-state index is -0.812. The van der Waals surface area contributed by atoms with E-state index in [1.54, 1.807) is 0 Å². The second-order valence-corrected chi connectivity index (χ2v) is 4.19. The van der Waals surface area contributed by atoms with Crippen molar-refractivity contribution in [3.63, 3.8) is 0 Å². The molecule has 5 nitrogen and oxygen atoms in total. The second-order valence-electron chi connectivity index (χ2n) is 4.19. The summed E-state index contributed by atoms with van der Waals surface area (Å²) in [5.74, 6) is -0.0804. The molecule has 0 spiro atoms. The SMILES string of the molecule is Cc1nc2ccccc2nc1N(C)CCC(=O)O. The zero-order valence-electron chi connectivity index (χ0n) is 10.4. The van der Waals surface area contributed by atoms with Gasteiger partial charge >= 0.3 is 5.97 Å². The lowest BCUT2D eigenvalue weighted by molar-refractivity contribution is -0.136. The van der Waals surface area contributed by atoms with Crippen LogP contribution in [0, 0.1) is 6.92 Å². The van der Waals surface area contributed by atoms with E-state index in [0.717, 1.165) is 22.5 Å². The average molecular weight is 245 g/mol. The van der Waals surface area contributed by atoms with Crippen LogP contribution in [0.2, 0.25) is 0 Å². The number of aryl methyl sites for hydroxylation is 1. The number of fused-ring (bicyclic) bond motifs is 1. The lowest BCUT2D eigenvalue weighted by Crippen LogP contribution is -2.23. The first-order valence-corrected chi connectivity index (χ1v) is 5.74. The van der Waals surface area contributed by atoms with E-state index in [-0.39, 0.29) is 6.42 Å². The molecule has 0 amide bonds. The van der Waals surface area contributed by atoms with Gasteiger partial charge in [-0.2, -0.15) is 0 Å². The van der Waals surface area contributed by atoms with Crippen molar-refractivity contribution >= 4 is 22.8 Å². The van der Waals surface area contributed by atoms with Crippen molar-refractivity contribution < 1.29 is 9.90 Å². The van der Waals surface area contributed by atoms with Gasteiger partial charge < -0.3 is 10.0 Å². The van der Waals surface area contributed by atoms with Crippen LogP contribution in [-0.4, -0.2) is 34.6 Å². The monoisotopic (exact) mass is 245 g/mol. The fourth-order valence-corrected chi connectivity index (χ4v) is 1.81. The number of anilines is 1. The van der Waals surface area contributed by atoms with Gasteiger partial charge in [0.15, 0.2) is 5.82 Å². The Morgan fingerprint density at radius 1 is 1.28 bits per heavy atom. The maximum absolute atomic E-state index is 10.6. The van der Waals surface area contributed by atoms with Gasteiger partial charge in [0.2, 0.25) is 0 Å². The molecule has 0 fully saturated rings. The minimum absolute atomic E-state index is 0.0877. The summed E-state index contributed by atoms with van der Waals surface area (Å²) in [4.78, 5) is 21.4. The molecule has 1 N–H and O–H groups in total. The number of aliphatic carboxylic acids is 1. The van der Waals surface area contributed by atoms with Crippen LogP contribution < -0.4 is 4.90 Å². The molecule has 0 aliphatic rings. The minimum Gasteiger partial charge on any atom is -0.481 e. The summed E-state index contributed by atoms with van der Waals surface area (Å²) in [7, 11) is 1.83. The molecule has 0 aliphatic carbocycles. The van der Waals surface area contributed by atoms with Crippen LogP contribution in [0.1, 0.15) is 12.1 Å². The molecule has 94 valence electrons. The van der Waals surface area contributed by atoms with E-state index in [1.807, 2.05) is 43.1 Å². The second kappa shape index (κ2) is 5.00. The van der Waals surface area contributed by atoms with Crippen molar-refractivity contribution in [2.45, 2.75) is 13.3 Å². The Labute approximate surface area is 105 Å². The van der Waals surface area contributed by atoms with Crippen LogP contribution in [-0.2, 0) is 4.79 Å². The lowest BCUT2D eigenvalue weighted by Gasteiger charge is -2.19. The molecule has 1 heterocycles. The highest BCUT2D eigenvalue weighted by atomic mass is 16.4. The molecule has 0 atom stereocenters. The van der Waals surface area contributed by atoms with Gasteiger partial charge in [-0.15, -0.1) is 0 Å². The van der Waals surface area contributed by atoms with Crippen molar-refractivity contribution in [3.8, 4) is 0 Å². The number of benzene rings is 1. The molecular formula is C13H15N3O2. The highest BCUT2D eigenvalue weighted by Crippen LogP contribution is 2.18. The highest BCUT2D eigenvalue weighted by Gasteiger charge is 2.10. The van der Waals surface area contributed by atoms with E-state index in [0.29, 0.717) is 6.54 Å². The number of carboxylic acids is 1. The van der Waals surface area contributed by atoms with Crippen molar-refractivity contribution in [2.24, 2.45) is 0 Å². The molecule has 0 saturated carbocycles. The fraction of sp³-hybridized carbons (Fsp3) is 0.308. The van der Waals surface area contributed by atoms with Crippen LogP contribution in [0.4, 0.5) is 5.82 Å². The Balaban J connectivity index is 2.32. The van der Waals surface area contributed by atoms with Crippen molar-refractivity contribution in [2.75, 3.05) is 18.5 Å². The summed E-state index contributed by atoms with van der Waals surface area (Å²) in [6, 6.07) is 7.64. The van der Waals surface area contributed by atoms with Gasteiger partial charge in [0, 0.05) is 13.6 Å². The van der Waals surface area contributed by atoms with E-state index in [4.69, 9.17) is 5.11 Å². The molecule has 0 unspecified atom stereocenters. The molecule has 2 rings (SSSR count). The van der Waals surface area contributed by atoms with Crippen LogP contribution in [0.15, 0.2) is 24.3 Å². The van der Waals surface area contributed by atoms with Crippen LogP contribution in [0.5, 0.6) is 0 Å². The third kappa shape index (κ3) is 2.56. The molecular weight excluding hydrogens is 230 g/mol. The first-order valence-electron chi connectivity index (χ1n) is 5.74. The van der Waals surface area contributed by atoms with Gasteiger partial charge in [-0.1, -0.05) is 12.1 Å². The van der Waals surface area contributed by atoms with E-state index in [9.17, 15) is 4.79 Å². The largest absolute Gasteiger partial charge is 0.481 e. The van der Waals surface area contributed by atoms with Gasteiger partial charge in [0.05, 0.1) is 23.1 Å². The number of rotatable bonds is 4. The van der Waals surface area contributed by atoms with Crippen molar-refractivity contribution in [1.29, 1.82) is 0 Å². The van der Waals surface area contributed by atoms with Crippen LogP contribution >= 0.6 is 0 Å². The normalized spacial score (nSPS) is 10.6. The van der Waals surface area contributed by atoms with E-state index in [2.05, 4.69) is 9.97 Å². The number of hydrogen-bond acceptors (Lipinski definition) is 4. The van der Waals surface area contributed by atoms with Gasteiger partial charge in [0.25, 0.3) is 0 Å². The number of hydrogen-bond donors (Lipinski definition) is 1. The van der Waals surface area contributed by atoms with E-state index in [1.165, 1.54) is 0 Å². The average Bonchev–Trinajstić information content (AvgIpc) is 2.35. The maximum Gasteiger partial charge on any atom is 0.305 e. The zero-order chi connectivity index (χ0) is 13.1. The summed E-state index contributed by atoms with van der Waals surface area (Å²) in [6.45, 7) is 2.30. The molecule has 0 saturated heterocycles. The Morgan fingerprint density at radius 2 is 1.89 bits per heavy atom. The van der Waals surface area contributed by atoms with Crippen molar-refractivity contribution in [1.82, 2.24) is 9.97 Å². The molecule has 0 bridgehead atoms. The van der Waals surface area contributed by atoms with Gasteiger partial charge in [-0.25, -0.2) is 9.97 Å². The van der Waals surface area contributed by atoms with Crippen LogP contribution in [0.25, 0.3) is 11.0 Å². The zero-order valence-corrected chi connectivity index (χ0v) is 10.4. The van der Waals surface area contributed by atoms with Gasteiger partial charge in [-0.05, 0) is 19.1 Å². The third-order valence-corrected chi connectivity index (χ3v) is 2.74. The first-order chi connectivity index (χ1) is 8.58. The number of para-hydroxylation sites is 2. The number of carbonyl (C=O) groups is 1. The van der Waals surface area contributed by atoms with E-state index < -0.39 is 5.97 Å². The predicted octanol–water partition coefficient (Wildman–Crippen LogP) is 1.85. The number of carboxylic acid groups (broad SMARTS) is 1. The maximum atomic E-state index is 10.6.